The van der Waals surface area contributed by atoms with Gasteiger partial charge in [0, 0.05) is 12.1 Å². The van der Waals surface area contributed by atoms with Crippen LogP contribution >= 0.6 is 0 Å². The summed E-state index contributed by atoms with van der Waals surface area (Å²) in [5, 5.41) is 0. The lowest BCUT2D eigenvalue weighted by molar-refractivity contribution is 0.410. The highest BCUT2D eigenvalue weighted by Crippen LogP contribution is 2.27. The molecule has 2 rings (SSSR count). The maximum atomic E-state index is 13.5. The monoisotopic (exact) mass is 245 g/mol. The molecule has 0 aliphatic heterocycles. The molecule has 0 aromatic heterocycles. The number of benzene rings is 2. The molecule has 0 radical (unpaired) electrons. The molecule has 0 bridgehead atoms. The minimum absolute atomic E-state index is 0.197. The second-order valence-electron chi connectivity index (χ2n) is 4.19. The molecule has 0 atom stereocenters. The number of aryl methyl sites for hydroxylation is 1. The molecule has 94 valence electrons. The van der Waals surface area contributed by atoms with E-state index in [2.05, 4.69) is 0 Å². The minimum Gasteiger partial charge on any atom is -0.496 e. The summed E-state index contributed by atoms with van der Waals surface area (Å²) in [6, 6.07) is 10.9. The number of methoxy groups -OCH3 is 1. The SMILES string of the molecule is COc1ccc(-c2ccc(C)c(F)c2)cc1CN. The molecule has 0 spiro atoms. The molecule has 0 saturated heterocycles. The van der Waals surface area contributed by atoms with E-state index in [1.807, 2.05) is 24.3 Å². The second-order valence-corrected chi connectivity index (χ2v) is 4.19. The third-order valence-corrected chi connectivity index (χ3v) is 3.01. The third-order valence-electron chi connectivity index (χ3n) is 3.01. The van der Waals surface area contributed by atoms with Crippen molar-refractivity contribution in [1.82, 2.24) is 0 Å². The predicted molar refractivity (Wildman–Crippen MR) is 71.0 cm³/mol. The van der Waals surface area contributed by atoms with Crippen molar-refractivity contribution < 1.29 is 9.13 Å². The van der Waals surface area contributed by atoms with E-state index in [0.717, 1.165) is 22.4 Å². The van der Waals surface area contributed by atoms with Gasteiger partial charge in [0.1, 0.15) is 11.6 Å². The van der Waals surface area contributed by atoms with E-state index >= 15 is 0 Å². The maximum absolute atomic E-state index is 13.5. The minimum atomic E-state index is -0.197. The fourth-order valence-corrected chi connectivity index (χ4v) is 1.89. The van der Waals surface area contributed by atoms with E-state index in [9.17, 15) is 4.39 Å². The fourth-order valence-electron chi connectivity index (χ4n) is 1.89. The molecule has 0 heterocycles. The zero-order valence-corrected chi connectivity index (χ0v) is 10.5. The summed E-state index contributed by atoms with van der Waals surface area (Å²) in [5.41, 5.74) is 9.01. The third kappa shape index (κ3) is 2.36. The lowest BCUT2D eigenvalue weighted by Crippen LogP contribution is -2.00. The molecule has 0 unspecified atom stereocenters. The smallest absolute Gasteiger partial charge is 0.126 e. The molecular formula is C15H16FNO. The Morgan fingerprint density at radius 3 is 2.39 bits per heavy atom. The van der Waals surface area contributed by atoms with Crippen molar-refractivity contribution in [3.8, 4) is 16.9 Å². The Balaban J connectivity index is 2.47. The van der Waals surface area contributed by atoms with Crippen molar-refractivity contribution in [3.63, 3.8) is 0 Å². The van der Waals surface area contributed by atoms with Gasteiger partial charge in [-0.25, -0.2) is 4.39 Å². The summed E-state index contributed by atoms with van der Waals surface area (Å²) in [5.74, 6) is 0.562. The molecule has 3 heteroatoms. The zero-order valence-electron chi connectivity index (χ0n) is 10.5. The molecule has 2 nitrogen and oxygen atoms in total. The Morgan fingerprint density at radius 1 is 1.11 bits per heavy atom. The van der Waals surface area contributed by atoms with E-state index in [0.29, 0.717) is 12.1 Å². The molecule has 0 fully saturated rings. The van der Waals surface area contributed by atoms with Gasteiger partial charge in [0.15, 0.2) is 0 Å². The van der Waals surface area contributed by atoms with Crippen LogP contribution in [0.2, 0.25) is 0 Å². The first-order valence-electron chi connectivity index (χ1n) is 5.79. The van der Waals surface area contributed by atoms with Gasteiger partial charge in [0.05, 0.1) is 7.11 Å². The molecule has 0 amide bonds. The van der Waals surface area contributed by atoms with Gasteiger partial charge in [-0.05, 0) is 41.8 Å². The van der Waals surface area contributed by atoms with Gasteiger partial charge in [0.25, 0.3) is 0 Å². The predicted octanol–water partition coefficient (Wildman–Crippen LogP) is 3.27. The lowest BCUT2D eigenvalue weighted by atomic mass is 10.0. The Bertz CT molecular complexity index is 566. The molecule has 0 aliphatic carbocycles. The number of ether oxygens (including phenoxy) is 1. The summed E-state index contributed by atoms with van der Waals surface area (Å²) in [6.07, 6.45) is 0. The van der Waals surface area contributed by atoms with Gasteiger partial charge >= 0.3 is 0 Å². The summed E-state index contributed by atoms with van der Waals surface area (Å²) in [7, 11) is 1.61. The van der Waals surface area contributed by atoms with E-state index in [-0.39, 0.29) is 5.82 Å². The van der Waals surface area contributed by atoms with E-state index in [4.69, 9.17) is 10.5 Å². The number of hydrogen-bond donors (Lipinski definition) is 1. The van der Waals surface area contributed by atoms with Crippen molar-refractivity contribution in [2.24, 2.45) is 5.73 Å². The van der Waals surface area contributed by atoms with Crippen LogP contribution in [0.4, 0.5) is 4.39 Å². The van der Waals surface area contributed by atoms with Gasteiger partial charge in [-0.3, -0.25) is 0 Å². The largest absolute Gasteiger partial charge is 0.496 e. The van der Waals surface area contributed by atoms with Gasteiger partial charge in [-0.2, -0.15) is 0 Å². The van der Waals surface area contributed by atoms with Crippen LogP contribution in [-0.4, -0.2) is 7.11 Å². The molecule has 2 N–H and O–H groups in total. The summed E-state index contributed by atoms with van der Waals surface area (Å²) in [4.78, 5) is 0. The topological polar surface area (TPSA) is 35.2 Å². The van der Waals surface area contributed by atoms with Gasteiger partial charge in [-0.15, -0.1) is 0 Å². The quantitative estimate of drug-likeness (QED) is 0.900. The van der Waals surface area contributed by atoms with Crippen molar-refractivity contribution in [1.29, 1.82) is 0 Å². The molecule has 2 aromatic rings. The van der Waals surface area contributed by atoms with Gasteiger partial charge in [-0.1, -0.05) is 18.2 Å². The van der Waals surface area contributed by atoms with Crippen molar-refractivity contribution in [2.75, 3.05) is 7.11 Å². The van der Waals surface area contributed by atoms with Gasteiger partial charge in [0.2, 0.25) is 0 Å². The Morgan fingerprint density at radius 2 is 1.78 bits per heavy atom. The van der Waals surface area contributed by atoms with E-state index in [1.54, 1.807) is 20.1 Å². The highest BCUT2D eigenvalue weighted by molar-refractivity contribution is 5.66. The fraction of sp³-hybridized carbons (Fsp3) is 0.200. The molecule has 0 aliphatic rings. The summed E-state index contributed by atoms with van der Waals surface area (Å²) in [6.45, 7) is 2.14. The Labute approximate surface area is 106 Å². The Hall–Kier alpha value is -1.87. The standard InChI is InChI=1S/C15H16FNO/c1-10-3-4-12(8-14(10)16)11-5-6-15(18-2)13(7-11)9-17/h3-8H,9,17H2,1-2H3. The van der Waals surface area contributed by atoms with Crippen molar-refractivity contribution in [3.05, 3.63) is 53.3 Å². The summed E-state index contributed by atoms with van der Waals surface area (Å²) < 4.78 is 18.8. The maximum Gasteiger partial charge on any atom is 0.126 e. The number of hydrogen-bond acceptors (Lipinski definition) is 2. The van der Waals surface area contributed by atoms with Crippen molar-refractivity contribution >= 4 is 0 Å². The van der Waals surface area contributed by atoms with Crippen LogP contribution in [0.15, 0.2) is 36.4 Å². The molecule has 18 heavy (non-hydrogen) atoms. The van der Waals surface area contributed by atoms with Crippen LogP contribution in [0.1, 0.15) is 11.1 Å². The summed E-state index contributed by atoms with van der Waals surface area (Å²) >= 11 is 0. The lowest BCUT2D eigenvalue weighted by Gasteiger charge is -2.10. The second kappa shape index (κ2) is 5.19. The van der Waals surface area contributed by atoms with Crippen LogP contribution in [0.3, 0.4) is 0 Å². The van der Waals surface area contributed by atoms with Crippen LogP contribution in [0.5, 0.6) is 5.75 Å². The van der Waals surface area contributed by atoms with Gasteiger partial charge < -0.3 is 10.5 Å². The van der Waals surface area contributed by atoms with Crippen LogP contribution in [0, 0.1) is 12.7 Å². The van der Waals surface area contributed by atoms with Crippen LogP contribution in [-0.2, 0) is 6.54 Å². The first-order valence-corrected chi connectivity index (χ1v) is 5.79. The van der Waals surface area contributed by atoms with E-state index < -0.39 is 0 Å². The average Bonchev–Trinajstić information content (AvgIpc) is 2.41. The first-order chi connectivity index (χ1) is 8.65. The Kier molecular flexibility index (Phi) is 3.63. The molecular weight excluding hydrogens is 229 g/mol. The molecule has 0 saturated carbocycles. The highest BCUT2D eigenvalue weighted by Gasteiger charge is 2.06. The number of halogens is 1. The first kappa shape index (κ1) is 12.6. The van der Waals surface area contributed by atoms with E-state index in [1.165, 1.54) is 6.07 Å². The number of nitrogens with two attached hydrogens (primary N) is 1. The highest BCUT2D eigenvalue weighted by atomic mass is 19.1. The van der Waals surface area contributed by atoms with Crippen molar-refractivity contribution in [2.45, 2.75) is 13.5 Å². The van der Waals surface area contributed by atoms with Crippen LogP contribution in [0.25, 0.3) is 11.1 Å². The average molecular weight is 245 g/mol. The zero-order chi connectivity index (χ0) is 13.1. The number of rotatable bonds is 3. The normalized spacial score (nSPS) is 10.4. The van der Waals surface area contributed by atoms with Crippen LogP contribution < -0.4 is 10.5 Å². The molecule has 2 aromatic carbocycles.